The molecule has 0 bridgehead atoms. The van der Waals surface area contributed by atoms with Crippen LogP contribution >= 0.6 is 80.6 Å². The van der Waals surface area contributed by atoms with Crippen molar-refractivity contribution >= 4 is 92.2 Å². The van der Waals surface area contributed by atoms with E-state index < -0.39 is 9.96 Å². The first kappa shape index (κ1) is 20.2. The Morgan fingerprint density at radius 3 is 2.33 bits per heavy atom. The highest BCUT2D eigenvalue weighted by Gasteiger charge is 2.34. The minimum atomic E-state index is -1.79. The van der Waals surface area contributed by atoms with Crippen molar-refractivity contribution in [2.45, 2.75) is 9.96 Å². The lowest BCUT2D eigenvalue weighted by Gasteiger charge is -2.27. The average Bonchev–Trinajstić information content (AvgIpc) is 2.49. The van der Waals surface area contributed by atoms with Crippen molar-refractivity contribution in [2.75, 3.05) is 5.32 Å². The molecule has 1 unspecified atom stereocenters. The van der Waals surface area contributed by atoms with Crippen LogP contribution in [0.25, 0.3) is 0 Å². The molecule has 0 aliphatic carbocycles. The number of rotatable bonds is 4. The quantitative estimate of drug-likeness (QED) is 0.279. The van der Waals surface area contributed by atoms with Crippen LogP contribution in [0.5, 0.6) is 0 Å². The first-order valence-electron chi connectivity index (χ1n) is 6.51. The van der Waals surface area contributed by atoms with Gasteiger partial charge in [-0.2, -0.15) is 0 Å². The van der Waals surface area contributed by atoms with Crippen LogP contribution in [0.3, 0.4) is 0 Å². The van der Waals surface area contributed by atoms with Crippen LogP contribution in [0.4, 0.5) is 5.69 Å². The minimum absolute atomic E-state index is 0.341. The highest BCUT2D eigenvalue weighted by Crippen LogP contribution is 2.32. The third-order valence-corrected chi connectivity index (χ3v) is 4.98. The molecular formula is C15H10Cl5IN2O. The molecule has 24 heavy (non-hydrogen) atoms. The van der Waals surface area contributed by atoms with Crippen LogP contribution in [-0.2, 0) is 0 Å². The molecule has 9 heteroatoms. The van der Waals surface area contributed by atoms with E-state index in [9.17, 15) is 4.79 Å². The van der Waals surface area contributed by atoms with Crippen LogP contribution in [0.1, 0.15) is 10.4 Å². The third kappa shape index (κ3) is 5.71. The molecule has 2 aromatic rings. The van der Waals surface area contributed by atoms with Gasteiger partial charge >= 0.3 is 0 Å². The van der Waals surface area contributed by atoms with E-state index in [2.05, 4.69) is 33.2 Å². The monoisotopic (exact) mass is 536 g/mol. The number of benzene rings is 2. The zero-order valence-electron chi connectivity index (χ0n) is 11.8. The summed E-state index contributed by atoms with van der Waals surface area (Å²) in [6, 6.07) is 11.9. The lowest BCUT2D eigenvalue weighted by atomic mass is 10.2. The maximum Gasteiger partial charge on any atom is 0.253 e. The summed E-state index contributed by atoms with van der Waals surface area (Å²) in [5.74, 6) is -0.377. The largest absolute Gasteiger partial charge is 0.362 e. The molecule has 0 saturated carbocycles. The SMILES string of the molecule is O=C(NC(Nc1ccc(Cl)c(Cl)c1)C(Cl)(Cl)Cl)c1cccc(I)c1. The van der Waals surface area contributed by atoms with Crippen LogP contribution in [0.2, 0.25) is 10.0 Å². The van der Waals surface area contributed by atoms with E-state index in [1.807, 2.05) is 6.07 Å². The molecule has 0 aliphatic rings. The van der Waals surface area contributed by atoms with Crippen LogP contribution in [0, 0.1) is 3.57 Å². The second-order valence-electron chi connectivity index (χ2n) is 4.73. The van der Waals surface area contributed by atoms with Gasteiger partial charge in [0.05, 0.1) is 10.0 Å². The van der Waals surface area contributed by atoms with Gasteiger partial charge in [-0.05, 0) is 59.0 Å². The molecule has 0 radical (unpaired) electrons. The fraction of sp³-hybridized carbons (Fsp3) is 0.133. The van der Waals surface area contributed by atoms with E-state index in [1.165, 1.54) is 0 Å². The minimum Gasteiger partial charge on any atom is -0.362 e. The standard InChI is InChI=1S/C15H10Cl5IN2O/c16-11-5-4-10(7-12(11)17)22-14(15(18,19)20)23-13(24)8-2-1-3-9(21)6-8/h1-7,14,22H,(H,23,24). The van der Waals surface area contributed by atoms with Gasteiger partial charge in [-0.25, -0.2) is 0 Å². The first-order valence-corrected chi connectivity index (χ1v) is 9.48. The molecule has 0 spiro atoms. The van der Waals surface area contributed by atoms with Crippen LogP contribution < -0.4 is 10.6 Å². The maximum absolute atomic E-state index is 12.4. The Hall–Kier alpha value is -0.110. The molecule has 2 aromatic carbocycles. The highest BCUT2D eigenvalue weighted by molar-refractivity contribution is 14.1. The summed E-state index contributed by atoms with van der Waals surface area (Å²) in [5, 5.41) is 6.33. The number of carbonyl (C=O) groups excluding carboxylic acids is 1. The predicted molar refractivity (Wildman–Crippen MR) is 111 cm³/mol. The predicted octanol–water partition coefficient (Wildman–Crippen LogP) is 6.14. The number of nitrogens with one attached hydrogen (secondary N) is 2. The lowest BCUT2D eigenvalue weighted by Crippen LogP contribution is -2.49. The number of anilines is 1. The van der Waals surface area contributed by atoms with Crippen LogP contribution in [-0.4, -0.2) is 15.9 Å². The molecule has 0 aromatic heterocycles. The van der Waals surface area contributed by atoms with Crippen molar-refractivity contribution < 1.29 is 4.79 Å². The zero-order chi connectivity index (χ0) is 17.9. The summed E-state index contributed by atoms with van der Waals surface area (Å²) in [4.78, 5) is 12.4. The van der Waals surface area contributed by atoms with Gasteiger partial charge in [0, 0.05) is 14.8 Å². The lowest BCUT2D eigenvalue weighted by molar-refractivity contribution is 0.0942. The van der Waals surface area contributed by atoms with Crippen molar-refractivity contribution in [3.8, 4) is 0 Å². The fourth-order valence-electron chi connectivity index (χ4n) is 1.80. The molecule has 2 rings (SSSR count). The Kier molecular flexibility index (Phi) is 7.17. The molecule has 0 heterocycles. The van der Waals surface area contributed by atoms with Gasteiger partial charge in [-0.3, -0.25) is 4.79 Å². The first-order chi connectivity index (χ1) is 11.2. The van der Waals surface area contributed by atoms with Gasteiger partial charge < -0.3 is 10.6 Å². The summed E-state index contributed by atoms with van der Waals surface area (Å²) in [7, 11) is 0. The van der Waals surface area contributed by atoms with Gasteiger partial charge in [0.1, 0.15) is 6.17 Å². The van der Waals surface area contributed by atoms with Crippen molar-refractivity contribution in [3.63, 3.8) is 0 Å². The number of hydrogen-bond donors (Lipinski definition) is 2. The van der Waals surface area contributed by atoms with E-state index in [4.69, 9.17) is 58.0 Å². The summed E-state index contributed by atoms with van der Waals surface area (Å²) in [6.45, 7) is 0. The second kappa shape index (κ2) is 8.52. The Morgan fingerprint density at radius 1 is 1.04 bits per heavy atom. The van der Waals surface area contributed by atoms with Crippen LogP contribution in [0.15, 0.2) is 42.5 Å². The van der Waals surface area contributed by atoms with E-state index in [0.717, 1.165) is 3.57 Å². The molecule has 1 amide bonds. The molecule has 0 aliphatic heterocycles. The van der Waals surface area contributed by atoms with Crippen molar-refractivity contribution in [3.05, 3.63) is 61.6 Å². The summed E-state index contributed by atoms with van der Waals surface area (Å²) in [5.41, 5.74) is 1.00. The fourth-order valence-corrected chi connectivity index (χ4v) is 2.96. The molecular weight excluding hydrogens is 528 g/mol. The maximum atomic E-state index is 12.4. The second-order valence-corrected chi connectivity index (χ2v) is 9.16. The van der Waals surface area contributed by atoms with Gasteiger partial charge in [-0.1, -0.05) is 64.1 Å². The van der Waals surface area contributed by atoms with E-state index in [-0.39, 0.29) is 5.91 Å². The average molecular weight is 538 g/mol. The number of halogens is 6. The van der Waals surface area contributed by atoms with Gasteiger partial charge in [-0.15, -0.1) is 0 Å². The van der Waals surface area contributed by atoms with Crippen molar-refractivity contribution in [1.29, 1.82) is 0 Å². The number of amides is 1. The topological polar surface area (TPSA) is 41.1 Å². The Bertz CT molecular complexity index is 751. The van der Waals surface area contributed by atoms with E-state index in [0.29, 0.717) is 21.3 Å². The summed E-state index contributed by atoms with van der Waals surface area (Å²) in [6.07, 6.45) is -0.981. The van der Waals surface area contributed by atoms with Crippen molar-refractivity contribution in [2.24, 2.45) is 0 Å². The van der Waals surface area contributed by atoms with E-state index in [1.54, 1.807) is 36.4 Å². The third-order valence-electron chi connectivity index (χ3n) is 2.92. The number of alkyl halides is 3. The smallest absolute Gasteiger partial charge is 0.253 e. The zero-order valence-corrected chi connectivity index (χ0v) is 17.7. The van der Waals surface area contributed by atoms with Gasteiger partial charge in [0.15, 0.2) is 0 Å². The number of hydrogen-bond acceptors (Lipinski definition) is 2. The number of carbonyl (C=O) groups is 1. The van der Waals surface area contributed by atoms with Crippen molar-refractivity contribution in [1.82, 2.24) is 5.32 Å². The Labute approximate surface area is 178 Å². The molecule has 2 N–H and O–H groups in total. The molecule has 128 valence electrons. The molecule has 1 atom stereocenters. The normalized spacial score (nSPS) is 12.6. The van der Waals surface area contributed by atoms with E-state index >= 15 is 0 Å². The highest BCUT2D eigenvalue weighted by atomic mass is 127. The van der Waals surface area contributed by atoms with Gasteiger partial charge in [0.25, 0.3) is 5.91 Å². The molecule has 3 nitrogen and oxygen atoms in total. The summed E-state index contributed by atoms with van der Waals surface area (Å²) < 4.78 is -0.868. The molecule has 0 saturated heterocycles. The molecule has 0 fully saturated rings. The Morgan fingerprint density at radius 2 is 1.75 bits per heavy atom. The van der Waals surface area contributed by atoms with Gasteiger partial charge in [0.2, 0.25) is 3.79 Å². The Balaban J connectivity index is 2.19. The summed E-state index contributed by atoms with van der Waals surface area (Å²) >= 11 is 31.9.